The fourth-order valence-corrected chi connectivity index (χ4v) is 4.25. The molecule has 0 spiro atoms. The van der Waals surface area contributed by atoms with Crippen molar-refractivity contribution < 1.29 is 14.4 Å². The van der Waals surface area contributed by atoms with Gasteiger partial charge in [0, 0.05) is 5.56 Å². The van der Waals surface area contributed by atoms with Gasteiger partial charge < -0.3 is 11.2 Å². The van der Waals surface area contributed by atoms with Gasteiger partial charge in [-0.15, -0.1) is 0 Å². The first kappa shape index (κ1) is 21.4. The van der Waals surface area contributed by atoms with Crippen LogP contribution in [0, 0.1) is 0 Å². The maximum absolute atomic E-state index is 13.1. The van der Waals surface area contributed by atoms with Crippen molar-refractivity contribution in [1.29, 1.82) is 0 Å². The van der Waals surface area contributed by atoms with E-state index in [4.69, 9.17) is 5.84 Å². The number of hydrogen-bond acceptors (Lipinski definition) is 6. The van der Waals surface area contributed by atoms with Crippen molar-refractivity contribution in [2.24, 2.45) is 0 Å². The molecule has 164 valence electrons. The average Bonchev–Trinajstić information content (AvgIpc) is 3.31. The molecule has 1 aliphatic rings. The number of amides is 4. The second-order valence-corrected chi connectivity index (χ2v) is 8.14. The van der Waals surface area contributed by atoms with Crippen molar-refractivity contribution in [3.8, 4) is 11.3 Å². The molecule has 0 saturated carbocycles. The molecule has 1 aliphatic heterocycles. The molecule has 1 aromatic heterocycles. The van der Waals surface area contributed by atoms with Gasteiger partial charge in [0.1, 0.15) is 5.54 Å². The SMILES string of the molecule is CCC1(c2ccccc2)NC(=O)N(NC(=O)CSc2nc(-c3ccccc3)cn2N)C1=O. The summed E-state index contributed by atoms with van der Waals surface area (Å²) in [5.74, 6) is 4.83. The highest BCUT2D eigenvalue weighted by atomic mass is 32.2. The molecular formula is C22H22N6O3S. The van der Waals surface area contributed by atoms with Crippen LogP contribution in [-0.2, 0) is 15.1 Å². The van der Waals surface area contributed by atoms with Crippen LogP contribution in [-0.4, -0.2) is 38.3 Å². The first-order chi connectivity index (χ1) is 15.4. The average molecular weight is 451 g/mol. The summed E-state index contributed by atoms with van der Waals surface area (Å²) in [5.41, 5.74) is 3.43. The topological polar surface area (TPSA) is 122 Å². The lowest BCUT2D eigenvalue weighted by Crippen LogP contribution is -2.49. The van der Waals surface area contributed by atoms with Crippen LogP contribution in [0.3, 0.4) is 0 Å². The first-order valence-corrected chi connectivity index (χ1v) is 11.0. The molecule has 9 nitrogen and oxygen atoms in total. The third-order valence-corrected chi connectivity index (χ3v) is 6.19. The minimum absolute atomic E-state index is 0.0794. The Hall–Kier alpha value is -3.79. The number of nitrogens with two attached hydrogens (primary N) is 1. The molecule has 1 atom stereocenters. The third kappa shape index (κ3) is 3.92. The Morgan fingerprint density at radius 3 is 2.44 bits per heavy atom. The van der Waals surface area contributed by atoms with Gasteiger partial charge in [-0.3, -0.25) is 15.0 Å². The summed E-state index contributed by atoms with van der Waals surface area (Å²) in [6, 6.07) is 17.8. The van der Waals surface area contributed by atoms with Crippen molar-refractivity contribution >= 4 is 29.6 Å². The van der Waals surface area contributed by atoms with E-state index in [2.05, 4.69) is 15.7 Å². The van der Waals surface area contributed by atoms with Gasteiger partial charge in [-0.25, -0.2) is 14.5 Å². The Kier molecular flexibility index (Phi) is 5.87. The molecule has 32 heavy (non-hydrogen) atoms. The molecule has 1 saturated heterocycles. The van der Waals surface area contributed by atoms with Gasteiger partial charge in [0.15, 0.2) is 5.16 Å². The fourth-order valence-electron chi connectivity index (χ4n) is 3.56. The molecule has 4 amide bonds. The molecule has 0 aliphatic carbocycles. The van der Waals surface area contributed by atoms with Gasteiger partial charge in [0.05, 0.1) is 17.6 Å². The molecule has 2 aromatic carbocycles. The largest absolute Gasteiger partial charge is 0.344 e. The van der Waals surface area contributed by atoms with Crippen LogP contribution in [0.25, 0.3) is 11.3 Å². The number of imide groups is 1. The Labute approximate surface area is 188 Å². The number of nitrogen functional groups attached to an aromatic ring is 1. The van der Waals surface area contributed by atoms with Gasteiger partial charge in [0.25, 0.3) is 5.91 Å². The lowest BCUT2D eigenvalue weighted by atomic mass is 9.87. The lowest BCUT2D eigenvalue weighted by molar-refractivity contribution is -0.138. The number of aromatic nitrogens is 2. The molecule has 4 rings (SSSR count). The highest BCUT2D eigenvalue weighted by Crippen LogP contribution is 2.31. The van der Waals surface area contributed by atoms with Gasteiger partial charge in [0.2, 0.25) is 5.91 Å². The lowest BCUT2D eigenvalue weighted by Gasteiger charge is -2.25. The zero-order valence-electron chi connectivity index (χ0n) is 17.3. The quantitative estimate of drug-likeness (QED) is 0.288. The molecule has 1 fully saturated rings. The van der Waals surface area contributed by atoms with E-state index in [0.717, 1.165) is 22.3 Å². The second kappa shape index (κ2) is 8.75. The number of carbonyl (C=O) groups is 3. The van der Waals surface area contributed by atoms with Crippen LogP contribution in [0.2, 0.25) is 0 Å². The van der Waals surface area contributed by atoms with Gasteiger partial charge in [-0.2, -0.15) is 5.01 Å². The minimum Gasteiger partial charge on any atom is -0.337 e. The number of thioether (sulfide) groups is 1. The standard InChI is InChI=1S/C22H22N6O3S/c1-2-22(16-11-7-4-8-12-16)19(30)28(20(31)25-22)26-18(29)14-32-21-24-17(13-27(21)23)15-9-5-3-6-10-15/h3-13H,2,14,23H2,1H3,(H,25,31)(H,26,29). The van der Waals surface area contributed by atoms with Gasteiger partial charge in [-0.1, -0.05) is 79.3 Å². The van der Waals surface area contributed by atoms with Crippen LogP contribution in [0.5, 0.6) is 0 Å². The Morgan fingerprint density at radius 1 is 1.12 bits per heavy atom. The number of hydrogen-bond donors (Lipinski definition) is 3. The number of urea groups is 1. The molecule has 4 N–H and O–H groups in total. The highest BCUT2D eigenvalue weighted by Gasteiger charge is 2.52. The van der Waals surface area contributed by atoms with Crippen molar-refractivity contribution in [3.05, 3.63) is 72.4 Å². The molecule has 1 unspecified atom stereocenters. The predicted molar refractivity (Wildman–Crippen MR) is 120 cm³/mol. The van der Waals surface area contributed by atoms with E-state index < -0.39 is 23.4 Å². The summed E-state index contributed by atoms with van der Waals surface area (Å²) in [6.07, 6.45) is 2.01. The summed E-state index contributed by atoms with van der Waals surface area (Å²) in [5, 5.41) is 3.90. The first-order valence-electron chi connectivity index (χ1n) is 9.99. The van der Waals surface area contributed by atoms with E-state index in [9.17, 15) is 14.4 Å². The maximum atomic E-state index is 13.1. The molecule has 3 aromatic rings. The Bertz CT molecular complexity index is 1150. The van der Waals surface area contributed by atoms with Crippen LogP contribution in [0.15, 0.2) is 72.0 Å². The second-order valence-electron chi connectivity index (χ2n) is 7.20. The van der Waals surface area contributed by atoms with Gasteiger partial charge >= 0.3 is 6.03 Å². The smallest absolute Gasteiger partial charge is 0.337 e. The summed E-state index contributed by atoms with van der Waals surface area (Å²) >= 11 is 1.10. The Morgan fingerprint density at radius 2 is 1.78 bits per heavy atom. The zero-order chi connectivity index (χ0) is 22.7. The van der Waals surface area contributed by atoms with Crippen molar-refractivity contribution in [2.75, 3.05) is 11.6 Å². The van der Waals surface area contributed by atoms with Crippen molar-refractivity contribution in [1.82, 2.24) is 25.4 Å². The summed E-state index contributed by atoms with van der Waals surface area (Å²) < 4.78 is 1.34. The molecule has 0 bridgehead atoms. The fraction of sp³-hybridized carbons (Fsp3) is 0.182. The normalized spacial score (nSPS) is 18.0. The zero-order valence-corrected chi connectivity index (χ0v) is 18.1. The molecule has 10 heteroatoms. The number of carbonyl (C=O) groups excluding carboxylic acids is 3. The number of benzene rings is 2. The van der Waals surface area contributed by atoms with Gasteiger partial charge in [-0.05, 0) is 12.0 Å². The summed E-state index contributed by atoms with van der Waals surface area (Å²) in [6.45, 7) is 1.80. The minimum atomic E-state index is -1.21. The number of rotatable bonds is 7. The molecule has 0 radical (unpaired) electrons. The number of nitrogens with zero attached hydrogens (tertiary/aromatic N) is 3. The van der Waals surface area contributed by atoms with Crippen LogP contribution < -0.4 is 16.6 Å². The maximum Gasteiger partial charge on any atom is 0.344 e. The molecule has 2 heterocycles. The summed E-state index contributed by atoms with van der Waals surface area (Å²) in [4.78, 5) is 42.5. The highest BCUT2D eigenvalue weighted by molar-refractivity contribution is 7.99. The van der Waals surface area contributed by atoms with Crippen LogP contribution in [0.4, 0.5) is 4.79 Å². The van der Waals surface area contributed by atoms with E-state index in [1.165, 1.54) is 4.68 Å². The van der Waals surface area contributed by atoms with Crippen molar-refractivity contribution in [2.45, 2.75) is 24.0 Å². The Balaban J connectivity index is 1.42. The van der Waals surface area contributed by atoms with E-state index >= 15 is 0 Å². The van der Waals surface area contributed by atoms with E-state index in [-0.39, 0.29) is 5.75 Å². The third-order valence-electron chi connectivity index (χ3n) is 5.23. The number of imidazole rings is 1. The van der Waals surface area contributed by atoms with E-state index in [1.54, 1.807) is 37.4 Å². The summed E-state index contributed by atoms with van der Waals surface area (Å²) in [7, 11) is 0. The van der Waals surface area contributed by atoms with E-state index in [0.29, 0.717) is 22.8 Å². The molecular weight excluding hydrogens is 428 g/mol. The van der Waals surface area contributed by atoms with E-state index in [1.807, 2.05) is 36.4 Å². The van der Waals surface area contributed by atoms with Crippen LogP contribution >= 0.6 is 11.8 Å². The van der Waals surface area contributed by atoms with Crippen molar-refractivity contribution in [3.63, 3.8) is 0 Å². The number of nitrogens with one attached hydrogen (secondary N) is 2. The predicted octanol–water partition coefficient (Wildman–Crippen LogP) is 2.24. The monoisotopic (exact) mass is 450 g/mol. The number of hydrazine groups is 1. The van der Waals surface area contributed by atoms with Crippen LogP contribution in [0.1, 0.15) is 18.9 Å².